The zero-order valence-corrected chi connectivity index (χ0v) is 7.53. The average Bonchev–Trinajstić information content (AvgIpc) is 2.41. The topological polar surface area (TPSA) is 55.8 Å². The van der Waals surface area contributed by atoms with Crippen molar-refractivity contribution in [3.8, 4) is 5.75 Å². The average molecular weight is 194 g/mol. The summed E-state index contributed by atoms with van der Waals surface area (Å²) in [6.45, 7) is 1.47. The summed E-state index contributed by atoms with van der Waals surface area (Å²) in [5, 5.41) is 8.78. The summed E-state index contributed by atoms with van der Waals surface area (Å²) in [5.74, 6) is -0.218. The molecule has 0 amide bonds. The number of carboxylic acids is 1. The Morgan fingerprint density at radius 3 is 3.00 bits per heavy atom. The number of fused-ring (bicyclic) bond motifs is 1. The molecule has 0 bridgehead atoms. The highest BCUT2D eigenvalue weighted by molar-refractivity contribution is 5.88. The highest BCUT2D eigenvalue weighted by Crippen LogP contribution is 2.23. The first-order chi connectivity index (χ1) is 6.77. The number of rotatable bonds is 1. The van der Waals surface area contributed by atoms with E-state index in [1.165, 1.54) is 6.07 Å². The van der Waals surface area contributed by atoms with Crippen molar-refractivity contribution in [1.29, 1.82) is 0 Å². The number of benzene rings is 1. The first-order valence-electron chi connectivity index (χ1n) is 4.34. The van der Waals surface area contributed by atoms with Crippen LogP contribution in [0.15, 0.2) is 18.2 Å². The maximum absolute atomic E-state index is 10.7. The molecule has 0 spiro atoms. The van der Waals surface area contributed by atoms with Crippen molar-refractivity contribution in [3.05, 3.63) is 29.3 Å². The van der Waals surface area contributed by atoms with Gasteiger partial charge < -0.3 is 14.6 Å². The molecular weight excluding hydrogens is 184 g/mol. The van der Waals surface area contributed by atoms with E-state index in [1.54, 1.807) is 12.1 Å². The van der Waals surface area contributed by atoms with Crippen LogP contribution in [-0.2, 0) is 11.3 Å². The molecule has 0 radical (unpaired) electrons. The lowest BCUT2D eigenvalue weighted by Gasteiger charge is -2.05. The summed E-state index contributed by atoms with van der Waals surface area (Å²) in [4.78, 5) is 10.7. The van der Waals surface area contributed by atoms with Crippen molar-refractivity contribution in [2.75, 3.05) is 13.2 Å². The molecule has 1 heterocycles. The van der Waals surface area contributed by atoms with Gasteiger partial charge in [0.1, 0.15) is 12.4 Å². The lowest BCUT2D eigenvalue weighted by atomic mass is 10.1. The zero-order chi connectivity index (χ0) is 9.97. The van der Waals surface area contributed by atoms with Gasteiger partial charge in [0.15, 0.2) is 0 Å². The largest absolute Gasteiger partial charge is 0.491 e. The van der Waals surface area contributed by atoms with E-state index < -0.39 is 5.97 Å². The highest BCUT2D eigenvalue weighted by atomic mass is 16.5. The minimum absolute atomic E-state index is 0.262. The summed E-state index contributed by atoms with van der Waals surface area (Å²) in [6, 6.07) is 4.79. The second-order valence-electron chi connectivity index (χ2n) is 3.03. The number of carboxylic acid groups (broad SMARTS) is 1. The van der Waals surface area contributed by atoms with Crippen LogP contribution >= 0.6 is 0 Å². The van der Waals surface area contributed by atoms with Gasteiger partial charge in [-0.2, -0.15) is 0 Å². The van der Waals surface area contributed by atoms with E-state index in [0.717, 1.165) is 5.56 Å². The number of carbonyl (C=O) groups is 1. The minimum Gasteiger partial charge on any atom is -0.491 e. The highest BCUT2D eigenvalue weighted by Gasteiger charge is 2.11. The molecule has 0 atom stereocenters. The predicted octanol–water partition coefficient (Wildman–Crippen LogP) is 1.29. The maximum Gasteiger partial charge on any atom is 0.335 e. The lowest BCUT2D eigenvalue weighted by Crippen LogP contribution is -2.01. The van der Waals surface area contributed by atoms with Gasteiger partial charge in [-0.1, -0.05) is 0 Å². The van der Waals surface area contributed by atoms with Gasteiger partial charge in [0.25, 0.3) is 0 Å². The van der Waals surface area contributed by atoms with Crippen LogP contribution in [0.4, 0.5) is 0 Å². The van der Waals surface area contributed by atoms with E-state index >= 15 is 0 Å². The molecule has 0 unspecified atom stereocenters. The summed E-state index contributed by atoms with van der Waals surface area (Å²) in [7, 11) is 0. The Bertz CT molecular complexity index is 359. The van der Waals surface area contributed by atoms with Crippen LogP contribution in [-0.4, -0.2) is 24.3 Å². The van der Waals surface area contributed by atoms with E-state index in [2.05, 4.69) is 0 Å². The Morgan fingerprint density at radius 1 is 1.36 bits per heavy atom. The fourth-order valence-electron chi connectivity index (χ4n) is 1.36. The van der Waals surface area contributed by atoms with Crippen LogP contribution in [0.5, 0.6) is 5.75 Å². The Balaban J connectivity index is 2.37. The first kappa shape index (κ1) is 9.02. The van der Waals surface area contributed by atoms with Crippen LogP contribution in [0.3, 0.4) is 0 Å². The fourth-order valence-corrected chi connectivity index (χ4v) is 1.36. The van der Waals surface area contributed by atoms with Crippen LogP contribution in [0.25, 0.3) is 0 Å². The van der Waals surface area contributed by atoms with Crippen molar-refractivity contribution in [1.82, 2.24) is 0 Å². The van der Waals surface area contributed by atoms with Crippen molar-refractivity contribution < 1.29 is 19.4 Å². The molecule has 1 aromatic carbocycles. The summed E-state index contributed by atoms with van der Waals surface area (Å²) < 4.78 is 10.6. The molecule has 1 aliphatic heterocycles. The number of hydrogen-bond acceptors (Lipinski definition) is 3. The van der Waals surface area contributed by atoms with E-state index in [1.807, 2.05) is 0 Å². The van der Waals surface area contributed by atoms with E-state index in [9.17, 15) is 4.79 Å². The number of aromatic carboxylic acids is 1. The molecule has 4 nitrogen and oxygen atoms in total. The standard InChI is InChI=1S/C10H10O4/c11-10(12)7-1-2-9-8(5-7)6-13-3-4-14-9/h1-2,5H,3-4,6H2,(H,11,12). The summed E-state index contributed by atoms with van der Waals surface area (Å²) >= 11 is 0. The van der Waals surface area contributed by atoms with Crippen molar-refractivity contribution in [2.45, 2.75) is 6.61 Å². The summed E-state index contributed by atoms with van der Waals surface area (Å²) in [6.07, 6.45) is 0. The van der Waals surface area contributed by atoms with Crippen molar-refractivity contribution in [2.24, 2.45) is 0 Å². The van der Waals surface area contributed by atoms with Gasteiger partial charge in [0, 0.05) is 5.56 Å². The molecule has 2 rings (SSSR count). The van der Waals surface area contributed by atoms with E-state index in [0.29, 0.717) is 25.6 Å². The Labute approximate surface area is 81.1 Å². The molecule has 1 aromatic rings. The number of ether oxygens (including phenoxy) is 2. The Hall–Kier alpha value is -1.55. The van der Waals surface area contributed by atoms with Gasteiger partial charge in [-0.25, -0.2) is 4.79 Å². The van der Waals surface area contributed by atoms with Crippen molar-refractivity contribution >= 4 is 5.97 Å². The van der Waals surface area contributed by atoms with Crippen LogP contribution in [0.1, 0.15) is 15.9 Å². The molecule has 0 aromatic heterocycles. The molecule has 0 aliphatic carbocycles. The van der Waals surface area contributed by atoms with Gasteiger partial charge in [0.2, 0.25) is 0 Å². The van der Waals surface area contributed by atoms with E-state index in [4.69, 9.17) is 14.6 Å². The normalized spacial score (nSPS) is 15.1. The van der Waals surface area contributed by atoms with Gasteiger partial charge in [-0.15, -0.1) is 0 Å². The molecule has 0 fully saturated rings. The lowest BCUT2D eigenvalue weighted by molar-refractivity contribution is 0.0696. The second kappa shape index (κ2) is 3.67. The third-order valence-electron chi connectivity index (χ3n) is 2.05. The first-order valence-corrected chi connectivity index (χ1v) is 4.34. The molecule has 1 aliphatic rings. The zero-order valence-electron chi connectivity index (χ0n) is 7.53. The van der Waals surface area contributed by atoms with Crippen LogP contribution in [0.2, 0.25) is 0 Å². The smallest absolute Gasteiger partial charge is 0.335 e. The molecule has 0 saturated heterocycles. The monoisotopic (exact) mass is 194 g/mol. The SMILES string of the molecule is O=C(O)c1ccc2c(c1)COCCO2. The van der Waals surface area contributed by atoms with Gasteiger partial charge in [0.05, 0.1) is 18.8 Å². The van der Waals surface area contributed by atoms with Crippen LogP contribution in [0, 0.1) is 0 Å². The predicted molar refractivity (Wildman–Crippen MR) is 48.6 cm³/mol. The quantitative estimate of drug-likeness (QED) is 0.732. The molecule has 4 heteroatoms. The minimum atomic E-state index is -0.933. The molecular formula is C10H10O4. The van der Waals surface area contributed by atoms with Crippen LogP contribution < -0.4 is 4.74 Å². The Morgan fingerprint density at radius 2 is 2.21 bits per heavy atom. The molecule has 74 valence electrons. The third-order valence-corrected chi connectivity index (χ3v) is 2.05. The molecule has 0 saturated carbocycles. The maximum atomic E-state index is 10.7. The molecule has 1 N–H and O–H groups in total. The fraction of sp³-hybridized carbons (Fsp3) is 0.300. The van der Waals surface area contributed by atoms with E-state index in [-0.39, 0.29) is 5.56 Å². The van der Waals surface area contributed by atoms with Crippen molar-refractivity contribution in [3.63, 3.8) is 0 Å². The van der Waals surface area contributed by atoms with Gasteiger partial charge in [-0.05, 0) is 18.2 Å². The number of hydrogen-bond donors (Lipinski definition) is 1. The Kier molecular flexibility index (Phi) is 2.37. The van der Waals surface area contributed by atoms with Gasteiger partial charge >= 0.3 is 5.97 Å². The summed E-state index contributed by atoms with van der Waals surface area (Å²) in [5.41, 5.74) is 1.06. The third kappa shape index (κ3) is 1.70. The second-order valence-corrected chi connectivity index (χ2v) is 3.03. The van der Waals surface area contributed by atoms with Gasteiger partial charge in [-0.3, -0.25) is 0 Å². The molecule has 14 heavy (non-hydrogen) atoms.